The molecule has 0 bridgehead atoms. The van der Waals surface area contributed by atoms with Crippen molar-refractivity contribution in [2.45, 2.75) is 138 Å². The van der Waals surface area contributed by atoms with Gasteiger partial charge in [-0.3, -0.25) is 0 Å². The second-order valence-corrected chi connectivity index (χ2v) is 24.2. The summed E-state index contributed by atoms with van der Waals surface area (Å²) in [5, 5.41) is 4.65. The molecule has 0 aliphatic carbocycles. The summed E-state index contributed by atoms with van der Waals surface area (Å²) in [5.41, 5.74) is 11.9. The molecule has 0 amide bonds. The van der Waals surface area contributed by atoms with Gasteiger partial charge in [-0.15, -0.1) is 0 Å². The molecule has 0 atom stereocenters. The van der Waals surface area contributed by atoms with Gasteiger partial charge in [0.1, 0.15) is 0 Å². The van der Waals surface area contributed by atoms with Gasteiger partial charge >= 0.3 is 0 Å². The smallest absolute Gasteiger partial charge is 0.0539 e. The van der Waals surface area contributed by atoms with Crippen LogP contribution in [-0.4, -0.2) is 34.0 Å². The van der Waals surface area contributed by atoms with Gasteiger partial charge in [-0.2, -0.15) is 0 Å². The minimum Gasteiger partial charge on any atom is -0.309 e. The fourth-order valence-corrected chi connectivity index (χ4v) is 16.2. The molecule has 3 rings (SSSR count). The molecule has 0 radical (unpaired) electrons. The van der Waals surface area contributed by atoms with Crippen LogP contribution >= 0.6 is 23.8 Å². The second kappa shape index (κ2) is 15.4. The minimum absolute atomic E-state index is 0.367. The van der Waals surface area contributed by atoms with Crippen LogP contribution in [0, 0.1) is 20.8 Å². The van der Waals surface area contributed by atoms with E-state index in [0.717, 1.165) is 0 Å². The maximum atomic E-state index is 2.73. The first kappa shape index (κ1) is 36.2. The average molecular weight is 636 g/mol. The van der Waals surface area contributed by atoms with Crippen LogP contribution in [0.3, 0.4) is 0 Å². The number of hydrogen-bond donors (Lipinski definition) is 0. The molecule has 0 spiro atoms. The fourth-order valence-electron chi connectivity index (χ4n) is 6.94. The third-order valence-corrected chi connectivity index (χ3v) is 17.7. The van der Waals surface area contributed by atoms with E-state index in [0.29, 0.717) is 34.0 Å². The van der Waals surface area contributed by atoms with Gasteiger partial charge in [-0.1, -0.05) is 142 Å². The predicted molar refractivity (Wildman–Crippen MR) is 206 cm³/mol. The molecule has 0 saturated heterocycles. The molecule has 0 aromatic heterocycles. The van der Waals surface area contributed by atoms with Gasteiger partial charge in [0.15, 0.2) is 0 Å². The van der Waals surface area contributed by atoms with Crippen molar-refractivity contribution < 1.29 is 0 Å². The number of hydrogen-bond acceptors (Lipinski definition) is 1. The molecular weight excluding hydrogens is 575 g/mol. The van der Waals surface area contributed by atoms with Crippen molar-refractivity contribution in [3.63, 3.8) is 0 Å². The molecule has 0 unspecified atom stereocenters. The zero-order chi connectivity index (χ0) is 32.3. The molecule has 1 nitrogen and oxygen atoms in total. The van der Waals surface area contributed by atoms with E-state index in [1.165, 1.54) is 33.8 Å². The number of anilines is 3. The van der Waals surface area contributed by atoms with Crippen LogP contribution in [0.25, 0.3) is 0 Å². The molecule has 4 heteroatoms. The first-order valence-electron chi connectivity index (χ1n) is 16.5. The molecule has 3 aromatic carbocycles. The van der Waals surface area contributed by atoms with Gasteiger partial charge < -0.3 is 4.90 Å². The molecule has 43 heavy (non-hydrogen) atoms. The first-order chi connectivity index (χ1) is 20.1. The van der Waals surface area contributed by atoms with Crippen LogP contribution in [0.5, 0.6) is 0 Å². The predicted octanol–water partition coefficient (Wildman–Crippen LogP) is 11.9. The van der Waals surface area contributed by atoms with Gasteiger partial charge in [-0.25, -0.2) is 0 Å². The summed E-state index contributed by atoms with van der Waals surface area (Å²) in [4.78, 5) is 2.73. The highest BCUT2D eigenvalue weighted by Gasteiger charge is 2.32. The Kier molecular flexibility index (Phi) is 12.9. The molecule has 0 fully saturated rings. The third kappa shape index (κ3) is 8.32. The first-order valence-corrected chi connectivity index (χ1v) is 21.0. The third-order valence-electron chi connectivity index (χ3n) is 8.29. The summed E-state index contributed by atoms with van der Waals surface area (Å²) in [6, 6.07) is 22.0. The molecule has 0 N–H and O–H groups in total. The van der Waals surface area contributed by atoms with Gasteiger partial charge in [0.25, 0.3) is 0 Å². The molecule has 0 aliphatic rings. The normalized spacial score (nSPS) is 12.6. The highest BCUT2D eigenvalue weighted by molar-refractivity contribution is 7.68. The van der Waals surface area contributed by atoms with Crippen molar-refractivity contribution in [3.05, 3.63) is 71.3 Å². The largest absolute Gasteiger partial charge is 0.309 e. The van der Waals surface area contributed by atoms with E-state index in [-0.39, 0.29) is 23.8 Å². The molecule has 0 saturated carbocycles. The molecule has 236 valence electrons. The van der Waals surface area contributed by atoms with Crippen molar-refractivity contribution in [2.24, 2.45) is 0 Å². The van der Waals surface area contributed by atoms with Crippen LogP contribution in [0.15, 0.2) is 54.6 Å². The van der Waals surface area contributed by atoms with Crippen molar-refractivity contribution in [1.82, 2.24) is 0 Å². The Bertz CT molecular complexity index is 1170. The van der Waals surface area contributed by atoms with Gasteiger partial charge in [0.05, 0.1) is 17.1 Å². The SMILES string of the molecule is Cc1ccc(N(c2ccc(C)cc2P(C(C)C)C(C)C)c2ccc(C)cc2P(C(C)C)C(C)C)c(P(C(C)C)C(C)C)c1. The topological polar surface area (TPSA) is 3.24 Å². The monoisotopic (exact) mass is 635 g/mol. The van der Waals surface area contributed by atoms with Gasteiger partial charge in [0, 0.05) is 15.9 Å². The Morgan fingerprint density at radius 3 is 0.767 bits per heavy atom. The standard InChI is InChI=1S/C39H60NP3/c1-25(2)41(26(3)4)37-22-31(13)16-19-34(37)40(35-20-17-32(14)23-38(35)42(27(5)6)28(7)8)36-21-18-33(15)24-39(36)43(29(9)10)30(11)12/h16-30H,1-15H3. The van der Waals surface area contributed by atoms with E-state index >= 15 is 0 Å². The maximum absolute atomic E-state index is 2.73. The Labute approximate surface area is 269 Å². The van der Waals surface area contributed by atoms with Gasteiger partial charge in [0.2, 0.25) is 0 Å². The highest BCUT2D eigenvalue weighted by atomic mass is 31.1. The van der Waals surface area contributed by atoms with Crippen molar-refractivity contribution >= 4 is 56.7 Å². The lowest BCUT2D eigenvalue weighted by Crippen LogP contribution is -2.31. The molecular formula is C39H60NP3. The second-order valence-electron chi connectivity index (χ2n) is 14.1. The van der Waals surface area contributed by atoms with E-state index in [4.69, 9.17) is 0 Å². The van der Waals surface area contributed by atoms with Crippen LogP contribution in [-0.2, 0) is 0 Å². The summed E-state index contributed by atoms with van der Waals surface area (Å²) < 4.78 is 0. The quantitative estimate of drug-likeness (QED) is 0.179. The lowest BCUT2D eigenvalue weighted by Gasteiger charge is -2.39. The summed E-state index contributed by atoms with van der Waals surface area (Å²) in [6.07, 6.45) is 0. The van der Waals surface area contributed by atoms with E-state index in [1.807, 2.05) is 0 Å². The van der Waals surface area contributed by atoms with Crippen LogP contribution < -0.4 is 20.8 Å². The summed E-state index contributed by atoms with van der Waals surface area (Å²) in [5.74, 6) is 0. The van der Waals surface area contributed by atoms with E-state index in [9.17, 15) is 0 Å². The van der Waals surface area contributed by atoms with Crippen LogP contribution in [0.4, 0.5) is 17.1 Å². The molecule has 0 heterocycles. The number of aryl methyl sites for hydroxylation is 3. The van der Waals surface area contributed by atoms with Crippen molar-refractivity contribution in [3.8, 4) is 0 Å². The molecule has 3 aromatic rings. The van der Waals surface area contributed by atoms with Crippen LogP contribution in [0.2, 0.25) is 0 Å². The van der Waals surface area contributed by atoms with Crippen molar-refractivity contribution in [2.75, 3.05) is 4.90 Å². The van der Waals surface area contributed by atoms with E-state index in [1.54, 1.807) is 15.9 Å². The number of rotatable bonds is 12. The maximum Gasteiger partial charge on any atom is 0.0539 e. The average Bonchev–Trinajstić information content (AvgIpc) is 2.86. The highest BCUT2D eigenvalue weighted by Crippen LogP contribution is 2.54. The minimum atomic E-state index is -0.367. The number of benzene rings is 3. The molecule has 0 aliphatic heterocycles. The zero-order valence-corrected chi connectivity index (χ0v) is 32.6. The summed E-state index contributed by atoms with van der Waals surface area (Å²) in [7, 11) is -1.10. The summed E-state index contributed by atoms with van der Waals surface area (Å²) >= 11 is 0. The van der Waals surface area contributed by atoms with Gasteiger partial charge in [-0.05, 0) is 91.1 Å². The lowest BCUT2D eigenvalue weighted by atomic mass is 10.1. The van der Waals surface area contributed by atoms with Crippen molar-refractivity contribution in [1.29, 1.82) is 0 Å². The fraction of sp³-hybridized carbons (Fsp3) is 0.538. The van der Waals surface area contributed by atoms with E-state index in [2.05, 4.69) is 163 Å². The Morgan fingerprint density at radius 1 is 0.372 bits per heavy atom. The van der Waals surface area contributed by atoms with Crippen LogP contribution in [0.1, 0.15) is 99.8 Å². The zero-order valence-electron chi connectivity index (χ0n) is 29.9. The Balaban J connectivity index is 2.58. The van der Waals surface area contributed by atoms with E-state index < -0.39 is 0 Å². The number of nitrogens with zero attached hydrogens (tertiary/aromatic N) is 1. The summed E-state index contributed by atoms with van der Waals surface area (Å²) in [6.45, 7) is 36.0. The Hall–Kier alpha value is -1.25. The lowest BCUT2D eigenvalue weighted by molar-refractivity contribution is 1.02. The Morgan fingerprint density at radius 2 is 0.581 bits per heavy atom.